The molecule has 2 rings (SSSR count). The highest BCUT2D eigenvalue weighted by Gasteiger charge is 2.25. The zero-order valence-electron chi connectivity index (χ0n) is 15.7. The van der Waals surface area contributed by atoms with E-state index in [4.69, 9.17) is 0 Å². The molecule has 0 heterocycles. The van der Waals surface area contributed by atoms with Crippen molar-refractivity contribution in [3.63, 3.8) is 0 Å². The van der Waals surface area contributed by atoms with Gasteiger partial charge in [-0.2, -0.15) is 0 Å². The molecule has 4 atom stereocenters. The number of methoxy groups -OCH3 is 1. The van der Waals surface area contributed by atoms with Gasteiger partial charge in [-0.3, -0.25) is 4.79 Å². The lowest BCUT2D eigenvalue weighted by molar-refractivity contribution is -0.143. The fourth-order valence-electron chi connectivity index (χ4n) is 3.58. The number of carbonyl (C=O) groups excluding carboxylic acids is 1. The van der Waals surface area contributed by atoms with Gasteiger partial charge in [0.1, 0.15) is 0 Å². The summed E-state index contributed by atoms with van der Waals surface area (Å²) in [7, 11) is 1.30. The summed E-state index contributed by atoms with van der Waals surface area (Å²) in [6, 6.07) is 4.50. The van der Waals surface area contributed by atoms with Crippen molar-refractivity contribution in [2.45, 2.75) is 64.6 Å². The van der Waals surface area contributed by atoms with Crippen molar-refractivity contribution < 1.29 is 19.7 Å². The second-order valence-corrected chi connectivity index (χ2v) is 7.29. The molecule has 0 aromatic heterocycles. The van der Waals surface area contributed by atoms with Gasteiger partial charge in [0.2, 0.25) is 0 Å². The Morgan fingerprint density at radius 1 is 1.20 bits per heavy atom. The molecule has 25 heavy (non-hydrogen) atoms. The van der Waals surface area contributed by atoms with Gasteiger partial charge < -0.3 is 14.9 Å². The van der Waals surface area contributed by atoms with Crippen LogP contribution in [0.3, 0.4) is 0 Å². The number of carbonyl (C=O) groups is 1. The Hall–Kier alpha value is -1.65. The molecule has 1 aromatic carbocycles. The molecule has 0 saturated carbocycles. The van der Waals surface area contributed by atoms with Gasteiger partial charge in [-0.15, -0.1) is 0 Å². The summed E-state index contributed by atoms with van der Waals surface area (Å²) in [5, 5.41) is 20.1. The third kappa shape index (κ3) is 5.16. The standard InChI is InChI=1S/C21H30O4/c1-13-5-6-16-9-14(2)15(3)10-20(16)19(13)8-7-17(22)11-18(23)12-21(24)25-4/h5-6,9-10,13,17-19,22-23H,7-8,11-12H2,1-4H3. The monoisotopic (exact) mass is 346 g/mol. The third-order valence-electron chi connectivity index (χ3n) is 5.30. The van der Waals surface area contributed by atoms with E-state index in [1.165, 1.54) is 29.4 Å². The molecule has 0 amide bonds. The molecule has 4 unspecified atom stereocenters. The van der Waals surface area contributed by atoms with Crippen LogP contribution in [0.4, 0.5) is 0 Å². The number of ether oxygens (including phenoxy) is 1. The molecule has 1 aliphatic carbocycles. The smallest absolute Gasteiger partial charge is 0.308 e. The maximum absolute atomic E-state index is 11.2. The highest BCUT2D eigenvalue weighted by molar-refractivity contribution is 5.69. The third-order valence-corrected chi connectivity index (χ3v) is 5.30. The molecular weight excluding hydrogens is 316 g/mol. The minimum absolute atomic E-state index is 0.0720. The second-order valence-electron chi connectivity index (χ2n) is 7.29. The summed E-state index contributed by atoms with van der Waals surface area (Å²) in [5.41, 5.74) is 5.20. The van der Waals surface area contributed by atoms with E-state index in [2.05, 4.69) is 49.8 Å². The van der Waals surface area contributed by atoms with Gasteiger partial charge >= 0.3 is 5.97 Å². The lowest BCUT2D eigenvalue weighted by atomic mass is 9.76. The fraction of sp³-hybridized carbons (Fsp3) is 0.571. The van der Waals surface area contributed by atoms with Crippen molar-refractivity contribution in [1.82, 2.24) is 0 Å². The number of rotatable bonds is 7. The number of aliphatic hydroxyl groups excluding tert-OH is 2. The van der Waals surface area contributed by atoms with E-state index < -0.39 is 18.2 Å². The quantitative estimate of drug-likeness (QED) is 0.742. The first kappa shape index (κ1) is 19.7. The Kier molecular flexibility index (Phi) is 6.79. The normalized spacial score (nSPS) is 21.5. The predicted molar refractivity (Wildman–Crippen MR) is 99.4 cm³/mol. The molecule has 4 heteroatoms. The number of allylic oxidation sites excluding steroid dienone is 1. The molecule has 0 aliphatic heterocycles. The molecule has 2 N–H and O–H groups in total. The summed E-state index contributed by atoms with van der Waals surface area (Å²) < 4.78 is 4.54. The number of aryl methyl sites for hydroxylation is 2. The fourth-order valence-corrected chi connectivity index (χ4v) is 3.58. The van der Waals surface area contributed by atoms with Gasteiger partial charge in [0.05, 0.1) is 25.7 Å². The average molecular weight is 346 g/mol. The summed E-state index contributed by atoms with van der Waals surface area (Å²) in [5.74, 6) is 0.332. The number of hydrogen-bond acceptors (Lipinski definition) is 4. The molecule has 0 saturated heterocycles. The molecule has 1 aromatic rings. The van der Waals surface area contributed by atoms with Crippen LogP contribution in [0.25, 0.3) is 6.08 Å². The van der Waals surface area contributed by atoms with Crippen LogP contribution >= 0.6 is 0 Å². The number of benzene rings is 1. The Balaban J connectivity index is 1.97. The highest BCUT2D eigenvalue weighted by Crippen LogP contribution is 2.38. The SMILES string of the molecule is COC(=O)CC(O)CC(O)CCC1c2cc(C)c(C)cc2C=CC1C. The summed E-state index contributed by atoms with van der Waals surface area (Å²) >= 11 is 0. The van der Waals surface area contributed by atoms with E-state index in [1.807, 2.05) is 0 Å². The van der Waals surface area contributed by atoms with Crippen LogP contribution in [-0.4, -0.2) is 35.5 Å². The van der Waals surface area contributed by atoms with E-state index >= 15 is 0 Å². The zero-order chi connectivity index (χ0) is 18.6. The van der Waals surface area contributed by atoms with Crippen molar-refractivity contribution in [3.05, 3.63) is 40.5 Å². The van der Waals surface area contributed by atoms with Crippen LogP contribution in [0.2, 0.25) is 0 Å². The lowest BCUT2D eigenvalue weighted by Crippen LogP contribution is -2.22. The first-order valence-electron chi connectivity index (χ1n) is 9.04. The number of aliphatic hydroxyl groups is 2. The maximum atomic E-state index is 11.2. The minimum Gasteiger partial charge on any atom is -0.469 e. The predicted octanol–water partition coefficient (Wildman–Crippen LogP) is 3.51. The van der Waals surface area contributed by atoms with E-state index in [-0.39, 0.29) is 12.8 Å². The number of fused-ring (bicyclic) bond motifs is 1. The van der Waals surface area contributed by atoms with Gasteiger partial charge in [-0.05, 0) is 67.2 Å². The topological polar surface area (TPSA) is 66.8 Å². The molecule has 0 radical (unpaired) electrons. The van der Waals surface area contributed by atoms with Gasteiger partial charge in [0, 0.05) is 0 Å². The molecule has 1 aliphatic rings. The minimum atomic E-state index is -0.858. The molecule has 0 spiro atoms. The second kappa shape index (κ2) is 8.63. The van der Waals surface area contributed by atoms with Gasteiger partial charge in [-0.1, -0.05) is 31.2 Å². The van der Waals surface area contributed by atoms with E-state index in [1.54, 1.807) is 0 Å². The molecule has 0 fully saturated rings. The first-order chi connectivity index (χ1) is 11.8. The molecule has 4 nitrogen and oxygen atoms in total. The average Bonchev–Trinajstić information content (AvgIpc) is 2.55. The molecule has 0 bridgehead atoms. The Morgan fingerprint density at radius 2 is 1.88 bits per heavy atom. The van der Waals surface area contributed by atoms with Crippen LogP contribution in [0, 0.1) is 19.8 Å². The molecular formula is C21H30O4. The first-order valence-corrected chi connectivity index (χ1v) is 9.04. The van der Waals surface area contributed by atoms with Crippen molar-refractivity contribution in [3.8, 4) is 0 Å². The van der Waals surface area contributed by atoms with E-state index in [0.29, 0.717) is 18.3 Å². The van der Waals surface area contributed by atoms with Crippen LogP contribution in [-0.2, 0) is 9.53 Å². The van der Waals surface area contributed by atoms with Crippen molar-refractivity contribution >= 4 is 12.0 Å². The van der Waals surface area contributed by atoms with Crippen molar-refractivity contribution in [2.75, 3.05) is 7.11 Å². The van der Waals surface area contributed by atoms with Crippen molar-refractivity contribution in [1.29, 1.82) is 0 Å². The lowest BCUT2D eigenvalue weighted by Gasteiger charge is -2.29. The van der Waals surface area contributed by atoms with E-state index in [9.17, 15) is 15.0 Å². The molecule has 138 valence electrons. The van der Waals surface area contributed by atoms with Gasteiger partial charge in [0.15, 0.2) is 0 Å². The number of esters is 1. The van der Waals surface area contributed by atoms with E-state index in [0.717, 1.165) is 6.42 Å². The van der Waals surface area contributed by atoms with Gasteiger partial charge in [0.25, 0.3) is 0 Å². The largest absolute Gasteiger partial charge is 0.469 e. The maximum Gasteiger partial charge on any atom is 0.308 e. The van der Waals surface area contributed by atoms with Crippen LogP contribution in [0.5, 0.6) is 0 Å². The summed E-state index contributed by atoms with van der Waals surface area (Å²) in [6.45, 7) is 6.47. The summed E-state index contributed by atoms with van der Waals surface area (Å²) in [6.07, 6.45) is 4.54. The Morgan fingerprint density at radius 3 is 2.56 bits per heavy atom. The van der Waals surface area contributed by atoms with Crippen LogP contribution in [0.15, 0.2) is 18.2 Å². The Labute approximate surface area is 150 Å². The zero-order valence-corrected chi connectivity index (χ0v) is 15.7. The summed E-state index contributed by atoms with van der Waals surface area (Å²) in [4.78, 5) is 11.2. The number of hydrogen-bond donors (Lipinski definition) is 2. The van der Waals surface area contributed by atoms with Crippen LogP contribution in [0.1, 0.15) is 60.8 Å². The van der Waals surface area contributed by atoms with Gasteiger partial charge in [-0.25, -0.2) is 0 Å². The Bertz CT molecular complexity index is 635. The van der Waals surface area contributed by atoms with Crippen molar-refractivity contribution in [2.24, 2.45) is 5.92 Å². The highest BCUT2D eigenvalue weighted by atomic mass is 16.5. The van der Waals surface area contributed by atoms with Crippen LogP contribution < -0.4 is 0 Å².